The van der Waals surface area contributed by atoms with E-state index in [1.165, 1.54) is 11.3 Å². The van der Waals surface area contributed by atoms with E-state index >= 15 is 0 Å². The molecular weight excluding hydrogens is 412 g/mol. The second kappa shape index (κ2) is 7.09. The SMILES string of the molecule is CCn1cc(C(=O)NCc2ccc(Cl)cc2)c(=O)c2cc(Br)sc21. The number of hydrogen-bond acceptors (Lipinski definition) is 3. The molecule has 4 nitrogen and oxygen atoms in total. The first-order valence-corrected chi connectivity index (χ1v) is 9.33. The average molecular weight is 426 g/mol. The van der Waals surface area contributed by atoms with Crippen molar-refractivity contribution in [2.75, 3.05) is 0 Å². The molecule has 3 aromatic rings. The van der Waals surface area contributed by atoms with Crippen LogP contribution in [0.4, 0.5) is 0 Å². The van der Waals surface area contributed by atoms with Gasteiger partial charge < -0.3 is 9.88 Å². The van der Waals surface area contributed by atoms with Gasteiger partial charge in [-0.15, -0.1) is 11.3 Å². The summed E-state index contributed by atoms with van der Waals surface area (Å²) in [6.45, 7) is 3.00. The lowest BCUT2D eigenvalue weighted by atomic mass is 10.2. The molecule has 0 bridgehead atoms. The highest BCUT2D eigenvalue weighted by Crippen LogP contribution is 2.28. The number of amides is 1. The lowest BCUT2D eigenvalue weighted by Gasteiger charge is -2.09. The smallest absolute Gasteiger partial charge is 0.257 e. The number of carbonyl (C=O) groups is 1. The zero-order valence-corrected chi connectivity index (χ0v) is 16.0. The number of hydrogen-bond donors (Lipinski definition) is 1. The number of nitrogens with zero attached hydrogens (tertiary/aromatic N) is 1. The molecule has 0 spiro atoms. The number of pyridine rings is 1. The first-order valence-electron chi connectivity index (χ1n) is 7.34. The van der Waals surface area contributed by atoms with Crippen LogP contribution < -0.4 is 10.7 Å². The summed E-state index contributed by atoms with van der Waals surface area (Å²) >= 11 is 10.7. The van der Waals surface area contributed by atoms with Gasteiger partial charge >= 0.3 is 0 Å². The number of rotatable bonds is 4. The molecular formula is C17H14BrClN2O2S. The Labute approximate surface area is 156 Å². The maximum atomic E-state index is 12.6. The number of halogens is 2. The van der Waals surface area contributed by atoms with Gasteiger partial charge in [0, 0.05) is 24.3 Å². The fourth-order valence-corrected chi connectivity index (χ4v) is 4.16. The lowest BCUT2D eigenvalue weighted by Crippen LogP contribution is -2.29. The molecule has 7 heteroatoms. The summed E-state index contributed by atoms with van der Waals surface area (Å²) in [5, 5.41) is 4.00. The van der Waals surface area contributed by atoms with Gasteiger partial charge in [0.2, 0.25) is 5.43 Å². The molecule has 0 saturated heterocycles. The Balaban J connectivity index is 1.90. The number of aromatic nitrogens is 1. The third-order valence-electron chi connectivity index (χ3n) is 3.67. The average Bonchev–Trinajstić information content (AvgIpc) is 2.97. The van der Waals surface area contributed by atoms with Crippen LogP contribution in [0.3, 0.4) is 0 Å². The van der Waals surface area contributed by atoms with Crippen molar-refractivity contribution in [1.29, 1.82) is 0 Å². The van der Waals surface area contributed by atoms with Crippen LogP contribution in [0.1, 0.15) is 22.8 Å². The predicted octanol–water partition coefficient (Wildman–Crippen LogP) is 4.43. The predicted molar refractivity (Wildman–Crippen MR) is 102 cm³/mol. The van der Waals surface area contributed by atoms with Gasteiger partial charge in [0.25, 0.3) is 5.91 Å². The molecule has 0 radical (unpaired) electrons. The van der Waals surface area contributed by atoms with Gasteiger partial charge in [-0.25, -0.2) is 0 Å². The zero-order chi connectivity index (χ0) is 17.3. The van der Waals surface area contributed by atoms with Crippen LogP contribution in [-0.2, 0) is 13.1 Å². The van der Waals surface area contributed by atoms with Gasteiger partial charge in [-0.1, -0.05) is 23.7 Å². The van der Waals surface area contributed by atoms with E-state index in [0.29, 0.717) is 23.5 Å². The third-order valence-corrected chi connectivity index (χ3v) is 5.60. The molecule has 1 aromatic carbocycles. The van der Waals surface area contributed by atoms with E-state index in [-0.39, 0.29) is 16.9 Å². The number of benzene rings is 1. The molecule has 2 aromatic heterocycles. The summed E-state index contributed by atoms with van der Waals surface area (Å²) in [5.41, 5.74) is 0.830. The Kier molecular flexibility index (Phi) is 5.08. The van der Waals surface area contributed by atoms with E-state index in [1.54, 1.807) is 24.4 Å². The molecule has 0 aliphatic heterocycles. The van der Waals surface area contributed by atoms with E-state index in [0.717, 1.165) is 14.2 Å². The molecule has 0 aliphatic carbocycles. The first kappa shape index (κ1) is 17.2. The Morgan fingerprint density at radius 2 is 2.04 bits per heavy atom. The van der Waals surface area contributed by atoms with Gasteiger partial charge in [0.15, 0.2) is 0 Å². The van der Waals surface area contributed by atoms with E-state index in [4.69, 9.17) is 11.6 Å². The van der Waals surface area contributed by atoms with E-state index in [1.807, 2.05) is 23.6 Å². The molecule has 124 valence electrons. The molecule has 3 rings (SSSR count). The molecule has 0 fully saturated rings. The molecule has 0 atom stereocenters. The zero-order valence-electron chi connectivity index (χ0n) is 12.8. The molecule has 24 heavy (non-hydrogen) atoms. The van der Waals surface area contributed by atoms with Gasteiger partial charge in [-0.05, 0) is 46.6 Å². The van der Waals surface area contributed by atoms with E-state index < -0.39 is 0 Å². The Morgan fingerprint density at radius 1 is 1.33 bits per heavy atom. The summed E-state index contributed by atoms with van der Waals surface area (Å²) in [4.78, 5) is 25.9. The van der Waals surface area contributed by atoms with Crippen LogP contribution in [-0.4, -0.2) is 10.5 Å². The van der Waals surface area contributed by atoms with Crippen molar-refractivity contribution in [1.82, 2.24) is 9.88 Å². The molecule has 1 N–H and O–H groups in total. The van der Waals surface area contributed by atoms with Gasteiger partial charge in [-0.3, -0.25) is 9.59 Å². The maximum absolute atomic E-state index is 12.6. The highest BCUT2D eigenvalue weighted by molar-refractivity contribution is 9.11. The third kappa shape index (κ3) is 3.41. The highest BCUT2D eigenvalue weighted by atomic mass is 79.9. The lowest BCUT2D eigenvalue weighted by molar-refractivity contribution is 0.0949. The van der Waals surface area contributed by atoms with Crippen LogP contribution in [0.2, 0.25) is 5.02 Å². The van der Waals surface area contributed by atoms with Crippen molar-refractivity contribution < 1.29 is 4.79 Å². The number of aryl methyl sites for hydroxylation is 1. The minimum Gasteiger partial charge on any atom is -0.348 e. The number of nitrogens with one attached hydrogen (secondary N) is 1. The van der Waals surface area contributed by atoms with Crippen LogP contribution in [0.15, 0.2) is 45.1 Å². The summed E-state index contributed by atoms with van der Waals surface area (Å²) in [6, 6.07) is 8.98. The van der Waals surface area contributed by atoms with E-state index in [2.05, 4.69) is 21.2 Å². The van der Waals surface area contributed by atoms with Crippen LogP contribution in [0.25, 0.3) is 10.2 Å². The van der Waals surface area contributed by atoms with Crippen molar-refractivity contribution in [2.45, 2.75) is 20.0 Å². The van der Waals surface area contributed by atoms with E-state index in [9.17, 15) is 9.59 Å². The number of carbonyl (C=O) groups excluding carboxylic acids is 1. The second-order valence-corrected chi connectivity index (χ2v) is 8.08. The second-order valence-electron chi connectivity index (χ2n) is 5.24. The Bertz CT molecular complexity index is 963. The fourth-order valence-electron chi connectivity index (χ4n) is 2.42. The highest BCUT2D eigenvalue weighted by Gasteiger charge is 2.16. The largest absolute Gasteiger partial charge is 0.348 e. The normalized spacial score (nSPS) is 11.0. The number of fused-ring (bicyclic) bond motifs is 1. The summed E-state index contributed by atoms with van der Waals surface area (Å²) < 4.78 is 2.79. The van der Waals surface area contributed by atoms with Gasteiger partial charge in [0.05, 0.1) is 9.17 Å². The molecule has 0 unspecified atom stereocenters. The molecule has 0 aliphatic rings. The van der Waals surface area contributed by atoms with Crippen molar-refractivity contribution in [3.05, 3.63) is 66.7 Å². The Morgan fingerprint density at radius 3 is 2.71 bits per heavy atom. The van der Waals surface area contributed by atoms with Crippen molar-refractivity contribution in [3.8, 4) is 0 Å². The molecule has 0 saturated carbocycles. The van der Waals surface area contributed by atoms with Crippen LogP contribution in [0, 0.1) is 0 Å². The monoisotopic (exact) mass is 424 g/mol. The van der Waals surface area contributed by atoms with Gasteiger partial charge in [-0.2, -0.15) is 0 Å². The van der Waals surface area contributed by atoms with Crippen molar-refractivity contribution in [2.24, 2.45) is 0 Å². The minimum atomic E-state index is -0.374. The van der Waals surface area contributed by atoms with Crippen molar-refractivity contribution in [3.63, 3.8) is 0 Å². The topological polar surface area (TPSA) is 51.1 Å². The van der Waals surface area contributed by atoms with Crippen molar-refractivity contribution >= 4 is 55.0 Å². The number of thiophene rings is 1. The fraction of sp³-hybridized carbons (Fsp3) is 0.176. The molecule has 2 heterocycles. The standard InChI is InChI=1S/C17H14BrClN2O2S/c1-2-21-9-13(15(22)12-7-14(18)24-17(12)21)16(23)20-8-10-3-5-11(19)6-4-10/h3-7,9H,2,8H2,1H3,(H,20,23). The quantitative estimate of drug-likeness (QED) is 0.672. The van der Waals surface area contributed by atoms with Gasteiger partial charge in [0.1, 0.15) is 10.4 Å². The summed E-state index contributed by atoms with van der Waals surface area (Å²) in [5.74, 6) is -0.374. The van der Waals surface area contributed by atoms with Crippen LogP contribution >= 0.6 is 38.9 Å². The first-order chi connectivity index (χ1) is 11.5. The minimum absolute atomic E-state index is 0.156. The van der Waals surface area contributed by atoms with Crippen LogP contribution in [0.5, 0.6) is 0 Å². The summed E-state index contributed by atoms with van der Waals surface area (Å²) in [7, 11) is 0. The summed E-state index contributed by atoms with van der Waals surface area (Å²) in [6.07, 6.45) is 1.63. The molecule has 1 amide bonds. The Hall–Kier alpha value is -1.63. The maximum Gasteiger partial charge on any atom is 0.257 e.